The first kappa shape index (κ1) is 59.9. The fourth-order valence-corrected chi connectivity index (χ4v) is 7.33. The van der Waals surface area contributed by atoms with Crippen LogP contribution in [0, 0.1) is 0 Å². The molecule has 2 aromatic heterocycles. The van der Waals surface area contributed by atoms with Gasteiger partial charge in [-0.2, -0.15) is 0 Å². The fourth-order valence-electron chi connectivity index (χ4n) is 7.33. The van der Waals surface area contributed by atoms with E-state index in [0.717, 1.165) is 85.4 Å². The molecule has 0 radical (unpaired) electrons. The van der Waals surface area contributed by atoms with Crippen LogP contribution in [0.1, 0.15) is 45.4 Å². The molecule has 0 saturated carbocycles. The number of pyridine rings is 1. The maximum atomic E-state index is 13.2. The minimum atomic E-state index is -0.0123. The van der Waals surface area contributed by atoms with Gasteiger partial charge in [-0.1, -0.05) is 13.3 Å². The molecule has 0 spiro atoms. The third kappa shape index (κ3) is 26.2. The first-order valence-corrected chi connectivity index (χ1v) is 25.6. The number of carbonyl (C=O) groups is 2. The van der Waals surface area contributed by atoms with Gasteiger partial charge in [-0.25, -0.2) is 9.97 Å². The maximum absolute atomic E-state index is 13.2. The van der Waals surface area contributed by atoms with Crippen molar-refractivity contribution in [1.82, 2.24) is 24.8 Å². The second-order valence-corrected chi connectivity index (χ2v) is 16.8. The average molecular weight is 1010 g/mol. The van der Waals surface area contributed by atoms with Crippen LogP contribution in [0.25, 0.3) is 21.9 Å². The lowest BCUT2D eigenvalue weighted by Crippen LogP contribution is -2.47. The molecule has 0 atom stereocenters. The van der Waals surface area contributed by atoms with Crippen molar-refractivity contribution in [3.05, 3.63) is 24.0 Å². The largest absolute Gasteiger partial charge is 0.382 e. The molecule has 3 heterocycles. The quantitative estimate of drug-likeness (QED) is 0.0776. The summed E-state index contributed by atoms with van der Waals surface area (Å²) in [4.78, 5) is 43.7. The molecule has 4 rings (SSSR count). The molecule has 3 aromatic rings. The third-order valence-electron chi connectivity index (χ3n) is 11.4. The Kier molecular flexibility index (Phi) is 32.8. The van der Waals surface area contributed by atoms with Crippen molar-refractivity contribution < 1.29 is 66.4 Å². The number of carbonyl (C=O) groups excluding carboxylic acids is 2. The van der Waals surface area contributed by atoms with E-state index in [1.165, 1.54) is 0 Å². The number of anilines is 2. The van der Waals surface area contributed by atoms with E-state index < -0.39 is 0 Å². The van der Waals surface area contributed by atoms with Crippen LogP contribution in [-0.2, 0) is 72.9 Å². The number of hydrogen-bond acceptors (Lipinski definition) is 19. The van der Waals surface area contributed by atoms with Gasteiger partial charge in [0.05, 0.1) is 164 Å². The lowest BCUT2D eigenvalue weighted by molar-refractivity contribution is -0.134. The van der Waals surface area contributed by atoms with Crippen LogP contribution in [0.3, 0.4) is 0 Å². The summed E-state index contributed by atoms with van der Waals surface area (Å²) >= 11 is 0. The lowest BCUT2D eigenvalue weighted by Gasteiger charge is -2.36. The molecule has 404 valence electrons. The van der Waals surface area contributed by atoms with E-state index in [9.17, 15) is 9.59 Å². The number of fused-ring (bicyclic) bond motifs is 3. The molecule has 0 aliphatic carbocycles. The summed E-state index contributed by atoms with van der Waals surface area (Å²) in [5.74, 6) is 1.54. The summed E-state index contributed by atoms with van der Waals surface area (Å²) < 4.78 is 66.5. The highest BCUT2D eigenvalue weighted by atomic mass is 16.6. The zero-order chi connectivity index (χ0) is 50.4. The van der Waals surface area contributed by atoms with Crippen LogP contribution in [0.2, 0.25) is 0 Å². The fraction of sp³-hybridized carbons (Fsp3) is 0.760. The number of imidazole rings is 1. The van der Waals surface area contributed by atoms with Crippen molar-refractivity contribution >= 4 is 45.1 Å². The van der Waals surface area contributed by atoms with Crippen molar-refractivity contribution in [2.45, 2.75) is 46.0 Å². The predicted molar refractivity (Wildman–Crippen MR) is 270 cm³/mol. The van der Waals surface area contributed by atoms with Gasteiger partial charge < -0.3 is 77.4 Å². The number of nitrogens with zero attached hydrogens (tertiary/aromatic N) is 5. The van der Waals surface area contributed by atoms with Crippen molar-refractivity contribution in [1.29, 1.82) is 0 Å². The van der Waals surface area contributed by atoms with Crippen molar-refractivity contribution in [2.75, 3.05) is 216 Å². The molecule has 21 heteroatoms. The summed E-state index contributed by atoms with van der Waals surface area (Å²) in [6.45, 7) is 19.5. The first-order chi connectivity index (χ1) is 34.9. The van der Waals surface area contributed by atoms with Crippen LogP contribution in [0.15, 0.2) is 18.2 Å². The molecule has 1 aliphatic rings. The highest BCUT2D eigenvalue weighted by Crippen LogP contribution is 2.30. The Morgan fingerprint density at radius 3 is 1.61 bits per heavy atom. The maximum Gasteiger partial charge on any atom is 0.225 e. The Balaban J connectivity index is 1.01. The molecule has 1 aromatic carbocycles. The summed E-state index contributed by atoms with van der Waals surface area (Å²) in [6, 6.07) is 6.37. The molecule has 1 aliphatic heterocycles. The number of nitrogen functional groups attached to an aromatic ring is 1. The van der Waals surface area contributed by atoms with E-state index >= 15 is 0 Å². The number of benzene rings is 1. The van der Waals surface area contributed by atoms with E-state index in [1.807, 2.05) is 6.07 Å². The Morgan fingerprint density at radius 2 is 1.10 bits per heavy atom. The highest BCUT2D eigenvalue weighted by molar-refractivity contribution is 6.07. The number of nitrogens with two attached hydrogens (primary N) is 1. The zero-order valence-corrected chi connectivity index (χ0v) is 43.0. The van der Waals surface area contributed by atoms with Crippen molar-refractivity contribution in [3.63, 3.8) is 0 Å². The number of nitrogens with one attached hydrogen (secondary N) is 1. The Bertz CT molecular complexity index is 1840. The van der Waals surface area contributed by atoms with Crippen LogP contribution in [0.5, 0.6) is 0 Å². The number of amides is 1. The third-order valence-corrected chi connectivity index (χ3v) is 11.4. The number of rotatable bonds is 46. The van der Waals surface area contributed by atoms with Gasteiger partial charge in [0.2, 0.25) is 5.91 Å². The number of aromatic nitrogens is 3. The summed E-state index contributed by atoms with van der Waals surface area (Å²) in [5, 5.41) is 1.02. The number of methoxy groups -OCH3 is 1. The van der Waals surface area contributed by atoms with Gasteiger partial charge in [-0.3, -0.25) is 14.5 Å². The van der Waals surface area contributed by atoms with Crippen LogP contribution < -0.4 is 10.6 Å². The van der Waals surface area contributed by atoms with Crippen LogP contribution >= 0.6 is 0 Å². The minimum Gasteiger partial charge on any atom is -0.382 e. The van der Waals surface area contributed by atoms with Gasteiger partial charge >= 0.3 is 0 Å². The number of ether oxygens (including phenoxy) is 12. The molecular weight excluding hydrogens is 923 g/mol. The number of hydrogen-bond donors (Lipinski definition) is 2. The molecule has 1 amide bonds. The second-order valence-electron chi connectivity index (χ2n) is 16.8. The van der Waals surface area contributed by atoms with Crippen LogP contribution in [0.4, 0.5) is 11.5 Å². The minimum absolute atomic E-state index is 0.0123. The van der Waals surface area contributed by atoms with E-state index in [0.29, 0.717) is 177 Å². The Hall–Kier alpha value is -3.68. The SMILES string of the molecule is CCCCc1nc2c([nH]1)c(N)nc1ccc(N3CCN(CCOCCN(CCOCCOCCOCCOCCOCCOCCOCCOCCC(C)=O)C(=O)CCOCCOCCOC)CC3)cc12. The normalized spacial score (nSPS) is 13.3. The van der Waals surface area contributed by atoms with Gasteiger partial charge in [0.1, 0.15) is 28.5 Å². The van der Waals surface area contributed by atoms with Gasteiger partial charge in [-0.15, -0.1) is 0 Å². The monoisotopic (exact) mass is 1010 g/mol. The van der Waals surface area contributed by atoms with E-state index in [2.05, 4.69) is 38.8 Å². The number of unbranched alkanes of at least 4 members (excludes halogenated alkanes) is 1. The summed E-state index contributed by atoms with van der Waals surface area (Å²) in [7, 11) is 1.63. The molecule has 0 unspecified atom stereocenters. The first-order valence-electron chi connectivity index (χ1n) is 25.6. The van der Waals surface area contributed by atoms with E-state index in [4.69, 9.17) is 67.6 Å². The molecular formula is C50H85N7O14. The number of ketones is 1. The average Bonchev–Trinajstić information content (AvgIpc) is 3.82. The molecule has 1 fully saturated rings. The second kappa shape index (κ2) is 38.9. The molecule has 21 nitrogen and oxygen atoms in total. The van der Waals surface area contributed by atoms with Gasteiger partial charge in [-0.05, 0) is 31.5 Å². The molecule has 71 heavy (non-hydrogen) atoms. The standard InChI is InChI=1S/C50H85N7O14/c1-4-5-6-46-53-48-44-41-43(7-8-45(44)52-50(51)49(48)54-46)56-13-11-55(12-14-56)15-20-63-21-16-57(47(59)10-19-62-26-28-65-24-23-60-3)17-22-64-27-30-67-32-34-69-36-38-71-40-39-70-37-35-68-33-31-66-29-25-61-18-9-42(2)58/h7-8,41H,4-6,9-40H2,1-3H3,(H2,51,52)(H,53,54). The summed E-state index contributed by atoms with van der Waals surface area (Å²) in [5.41, 5.74) is 10.0. The van der Waals surface area contributed by atoms with Gasteiger partial charge in [0, 0.05) is 76.8 Å². The van der Waals surface area contributed by atoms with Gasteiger partial charge in [0.15, 0.2) is 0 Å². The number of H-pyrrole nitrogens is 1. The Labute approximate surface area is 420 Å². The Morgan fingerprint density at radius 1 is 0.620 bits per heavy atom. The molecule has 1 saturated heterocycles. The molecule has 3 N–H and O–H groups in total. The van der Waals surface area contributed by atoms with Crippen molar-refractivity contribution in [3.8, 4) is 0 Å². The highest BCUT2D eigenvalue weighted by Gasteiger charge is 2.20. The zero-order valence-electron chi connectivity index (χ0n) is 43.0. The lowest BCUT2D eigenvalue weighted by atomic mass is 10.1. The summed E-state index contributed by atoms with van der Waals surface area (Å²) in [6.07, 6.45) is 3.75. The number of Topliss-reactive ketones (excluding diaryl/α,β-unsaturated/α-hetero) is 1. The van der Waals surface area contributed by atoms with Crippen molar-refractivity contribution in [2.24, 2.45) is 0 Å². The smallest absolute Gasteiger partial charge is 0.225 e. The predicted octanol–water partition coefficient (Wildman–Crippen LogP) is 3.18. The molecule has 0 bridgehead atoms. The van der Waals surface area contributed by atoms with Crippen LogP contribution in [-0.4, -0.2) is 241 Å². The van der Waals surface area contributed by atoms with E-state index in [-0.39, 0.29) is 18.1 Å². The number of aryl methyl sites for hydroxylation is 1. The number of aromatic amines is 1. The van der Waals surface area contributed by atoms with Gasteiger partial charge in [0.25, 0.3) is 0 Å². The number of piperazine rings is 1. The topological polar surface area (TPSA) is 222 Å². The van der Waals surface area contributed by atoms with E-state index in [1.54, 1.807) is 18.9 Å².